The Morgan fingerprint density at radius 2 is 1.93 bits per heavy atom. The molecule has 0 atom stereocenters. The Bertz CT molecular complexity index is 186. The highest BCUT2D eigenvalue weighted by atomic mass is 28.4. The van der Waals surface area contributed by atoms with Gasteiger partial charge in [-0.2, -0.15) is 0 Å². The van der Waals surface area contributed by atoms with Crippen LogP contribution in [0.15, 0.2) is 0 Å². The van der Waals surface area contributed by atoms with Gasteiger partial charge in [0.15, 0.2) is 8.32 Å². The Morgan fingerprint density at radius 1 is 1.27 bits per heavy atom. The lowest BCUT2D eigenvalue weighted by atomic mass is 10.4. The van der Waals surface area contributed by atoms with Crippen LogP contribution in [0.5, 0.6) is 0 Å². The maximum atomic E-state index is 10.8. The lowest BCUT2D eigenvalue weighted by Crippen LogP contribution is -2.30. The van der Waals surface area contributed by atoms with Crippen molar-refractivity contribution in [3.8, 4) is 0 Å². The van der Waals surface area contributed by atoms with Crippen molar-refractivity contribution < 1.29 is 14.0 Å². The zero-order valence-electron chi connectivity index (χ0n) is 10.3. The summed E-state index contributed by atoms with van der Waals surface area (Å²) < 4.78 is 9.97. The molecule has 90 valence electrons. The molecule has 0 aromatic heterocycles. The predicted molar refractivity (Wildman–Crippen MR) is 63.4 cm³/mol. The van der Waals surface area contributed by atoms with Crippen LogP contribution in [0.25, 0.3) is 0 Å². The normalized spacial score (nSPS) is 11.5. The van der Waals surface area contributed by atoms with Crippen LogP contribution in [0.4, 0.5) is 0 Å². The highest BCUT2D eigenvalue weighted by Crippen LogP contribution is 2.11. The second-order valence-electron chi connectivity index (χ2n) is 4.14. The summed E-state index contributed by atoms with van der Waals surface area (Å²) in [6.45, 7) is 6.06. The smallest absolute Gasteiger partial charge is 0.306 e. The Morgan fingerprint density at radius 3 is 2.47 bits per heavy atom. The number of nitrogens with one attached hydrogen (secondary N) is 1. The fourth-order valence-corrected chi connectivity index (χ4v) is 2.39. The molecule has 0 fully saturated rings. The lowest BCUT2D eigenvalue weighted by Gasteiger charge is -2.19. The molecule has 0 aliphatic carbocycles. The van der Waals surface area contributed by atoms with E-state index in [1.54, 1.807) is 7.11 Å². The maximum absolute atomic E-state index is 10.8. The van der Waals surface area contributed by atoms with Gasteiger partial charge in [0.05, 0.1) is 13.5 Å². The SMILES string of the molecule is COC(=O)CCNCCC[Si](C)(C)OC. The van der Waals surface area contributed by atoms with E-state index in [-0.39, 0.29) is 5.97 Å². The highest BCUT2D eigenvalue weighted by Gasteiger charge is 2.19. The number of esters is 1. The highest BCUT2D eigenvalue weighted by molar-refractivity contribution is 6.71. The van der Waals surface area contributed by atoms with E-state index in [2.05, 4.69) is 23.1 Å². The maximum Gasteiger partial charge on any atom is 0.306 e. The average molecular weight is 233 g/mol. The average Bonchev–Trinajstić information content (AvgIpc) is 2.22. The molecule has 1 N–H and O–H groups in total. The molecule has 0 aliphatic heterocycles. The van der Waals surface area contributed by atoms with Crippen LogP contribution in [0, 0.1) is 0 Å². The zero-order valence-corrected chi connectivity index (χ0v) is 11.3. The van der Waals surface area contributed by atoms with E-state index < -0.39 is 8.32 Å². The fourth-order valence-electron chi connectivity index (χ4n) is 1.16. The lowest BCUT2D eigenvalue weighted by molar-refractivity contribution is -0.140. The summed E-state index contributed by atoms with van der Waals surface area (Å²) in [5.41, 5.74) is 0. The fraction of sp³-hybridized carbons (Fsp3) is 0.900. The Hall–Kier alpha value is -0.393. The van der Waals surface area contributed by atoms with Gasteiger partial charge in [0.25, 0.3) is 0 Å². The third-order valence-electron chi connectivity index (χ3n) is 2.42. The number of hydrogen-bond donors (Lipinski definition) is 1. The number of methoxy groups -OCH3 is 1. The summed E-state index contributed by atoms with van der Waals surface area (Å²) in [6, 6.07) is 1.15. The summed E-state index contributed by atoms with van der Waals surface area (Å²) >= 11 is 0. The second kappa shape index (κ2) is 7.84. The first-order valence-electron chi connectivity index (χ1n) is 5.34. The molecule has 0 bridgehead atoms. The summed E-state index contributed by atoms with van der Waals surface area (Å²) in [5, 5.41) is 3.21. The van der Waals surface area contributed by atoms with Crippen molar-refractivity contribution in [3.05, 3.63) is 0 Å². The van der Waals surface area contributed by atoms with Gasteiger partial charge in [-0.1, -0.05) is 0 Å². The molecule has 0 unspecified atom stereocenters. The first-order valence-corrected chi connectivity index (χ1v) is 8.46. The van der Waals surface area contributed by atoms with Crippen molar-refractivity contribution in [3.63, 3.8) is 0 Å². The molecule has 0 heterocycles. The van der Waals surface area contributed by atoms with Gasteiger partial charge in [-0.25, -0.2) is 0 Å². The monoisotopic (exact) mass is 233 g/mol. The van der Waals surface area contributed by atoms with Crippen molar-refractivity contribution in [1.82, 2.24) is 5.32 Å². The van der Waals surface area contributed by atoms with Gasteiger partial charge in [0, 0.05) is 13.7 Å². The van der Waals surface area contributed by atoms with E-state index in [0.717, 1.165) is 19.0 Å². The van der Waals surface area contributed by atoms with Crippen molar-refractivity contribution in [2.75, 3.05) is 27.3 Å². The van der Waals surface area contributed by atoms with E-state index in [9.17, 15) is 4.79 Å². The quantitative estimate of drug-likeness (QED) is 0.391. The number of carbonyl (C=O) groups excluding carboxylic acids is 1. The van der Waals surface area contributed by atoms with Gasteiger partial charge in [0.2, 0.25) is 0 Å². The van der Waals surface area contributed by atoms with Crippen molar-refractivity contribution in [2.24, 2.45) is 0 Å². The van der Waals surface area contributed by atoms with Crippen LogP contribution in [-0.2, 0) is 14.0 Å². The van der Waals surface area contributed by atoms with Crippen LogP contribution in [-0.4, -0.2) is 41.6 Å². The molecule has 0 radical (unpaired) electrons. The molecule has 0 saturated heterocycles. The van der Waals surface area contributed by atoms with Gasteiger partial charge in [0.1, 0.15) is 0 Å². The van der Waals surface area contributed by atoms with E-state index in [0.29, 0.717) is 13.0 Å². The first-order chi connectivity index (χ1) is 7.02. The van der Waals surface area contributed by atoms with Crippen LogP contribution < -0.4 is 5.32 Å². The van der Waals surface area contributed by atoms with Crippen LogP contribution >= 0.6 is 0 Å². The molecule has 15 heavy (non-hydrogen) atoms. The molecule has 0 rings (SSSR count). The van der Waals surface area contributed by atoms with Crippen LogP contribution in [0.1, 0.15) is 12.8 Å². The summed E-state index contributed by atoms with van der Waals surface area (Å²) in [5.74, 6) is -0.158. The Kier molecular flexibility index (Phi) is 7.64. The minimum absolute atomic E-state index is 0.158. The van der Waals surface area contributed by atoms with Gasteiger partial charge < -0.3 is 14.5 Å². The molecule has 0 aromatic carbocycles. The third kappa shape index (κ3) is 8.59. The molecule has 0 aromatic rings. The molecule has 0 amide bonds. The molecular weight excluding hydrogens is 210 g/mol. The molecular formula is C10H23NO3Si. The van der Waals surface area contributed by atoms with E-state index >= 15 is 0 Å². The van der Waals surface area contributed by atoms with Crippen molar-refractivity contribution in [2.45, 2.75) is 32.0 Å². The van der Waals surface area contributed by atoms with Crippen LogP contribution in [0.3, 0.4) is 0 Å². The molecule has 0 saturated carbocycles. The first kappa shape index (κ1) is 14.6. The van der Waals surface area contributed by atoms with Gasteiger partial charge in [-0.3, -0.25) is 4.79 Å². The Labute approximate surface area is 93.5 Å². The topological polar surface area (TPSA) is 47.6 Å². The van der Waals surface area contributed by atoms with E-state index in [4.69, 9.17) is 4.43 Å². The largest absolute Gasteiger partial charge is 0.469 e. The number of carbonyl (C=O) groups is 1. The summed E-state index contributed by atoms with van der Waals surface area (Å²) in [4.78, 5) is 10.8. The number of rotatable bonds is 8. The van der Waals surface area contributed by atoms with E-state index in [1.807, 2.05) is 0 Å². The molecule has 0 aliphatic rings. The zero-order chi connectivity index (χ0) is 11.7. The number of ether oxygens (including phenoxy) is 1. The van der Waals surface area contributed by atoms with Gasteiger partial charge in [-0.15, -0.1) is 0 Å². The molecule has 5 heteroatoms. The predicted octanol–water partition coefficient (Wildman–Crippen LogP) is 1.38. The molecule has 4 nitrogen and oxygen atoms in total. The minimum Gasteiger partial charge on any atom is -0.469 e. The summed E-state index contributed by atoms with van der Waals surface area (Å²) in [6.07, 6.45) is 1.55. The van der Waals surface area contributed by atoms with Crippen LogP contribution in [0.2, 0.25) is 19.1 Å². The summed E-state index contributed by atoms with van der Waals surface area (Å²) in [7, 11) is 1.80. The van der Waals surface area contributed by atoms with Crippen molar-refractivity contribution in [1.29, 1.82) is 0 Å². The van der Waals surface area contributed by atoms with Crippen molar-refractivity contribution >= 4 is 14.3 Å². The third-order valence-corrected chi connectivity index (χ3v) is 5.08. The Balaban J connectivity index is 3.29. The minimum atomic E-state index is -1.40. The standard InChI is InChI=1S/C10H23NO3Si/c1-13-10(12)6-8-11-7-5-9-15(3,4)14-2/h11H,5-9H2,1-4H3. The van der Waals surface area contributed by atoms with Gasteiger partial charge >= 0.3 is 5.97 Å². The number of hydrogen-bond acceptors (Lipinski definition) is 4. The van der Waals surface area contributed by atoms with Gasteiger partial charge in [-0.05, 0) is 32.1 Å². The second-order valence-corrected chi connectivity index (χ2v) is 8.57. The van der Waals surface area contributed by atoms with E-state index in [1.165, 1.54) is 7.11 Å². The molecule has 0 spiro atoms.